The predicted octanol–water partition coefficient (Wildman–Crippen LogP) is 2.78. The minimum atomic E-state index is -4.41. The molecule has 0 saturated carbocycles. The summed E-state index contributed by atoms with van der Waals surface area (Å²) in [6, 6.07) is 4.75. The molecule has 2 saturated heterocycles. The molecule has 32 heavy (non-hydrogen) atoms. The SMILES string of the molecule is CCc1noc(C2CC(c3ccc(C(F)(F)F)cc3)CN(C(=O)N3CCNC(=O)C3)C2)n1. The zero-order valence-corrected chi connectivity index (χ0v) is 17.6. The zero-order valence-electron chi connectivity index (χ0n) is 17.6. The average Bonchev–Trinajstić information content (AvgIpc) is 3.27. The highest BCUT2D eigenvalue weighted by Crippen LogP contribution is 2.37. The first kappa shape index (κ1) is 22.1. The highest BCUT2D eigenvalue weighted by atomic mass is 19.4. The van der Waals surface area contributed by atoms with Gasteiger partial charge < -0.3 is 19.6 Å². The quantitative estimate of drug-likeness (QED) is 0.775. The van der Waals surface area contributed by atoms with E-state index in [9.17, 15) is 22.8 Å². The average molecular weight is 451 g/mol. The molecule has 4 rings (SSSR count). The third kappa shape index (κ3) is 4.71. The van der Waals surface area contributed by atoms with E-state index in [4.69, 9.17) is 4.52 Å². The lowest BCUT2D eigenvalue weighted by Crippen LogP contribution is -2.56. The Balaban J connectivity index is 1.59. The smallest absolute Gasteiger partial charge is 0.353 e. The molecule has 11 heteroatoms. The maximum Gasteiger partial charge on any atom is 0.416 e. The molecule has 1 aromatic heterocycles. The third-order valence-electron chi connectivity index (χ3n) is 5.89. The molecule has 2 aliphatic rings. The largest absolute Gasteiger partial charge is 0.416 e. The van der Waals surface area contributed by atoms with Gasteiger partial charge in [0.25, 0.3) is 0 Å². The van der Waals surface area contributed by atoms with Crippen LogP contribution in [0.2, 0.25) is 0 Å². The molecule has 2 aromatic rings. The van der Waals surface area contributed by atoms with Crippen molar-refractivity contribution in [2.24, 2.45) is 0 Å². The lowest BCUT2D eigenvalue weighted by Gasteiger charge is -2.40. The lowest BCUT2D eigenvalue weighted by atomic mass is 9.84. The van der Waals surface area contributed by atoms with Crippen molar-refractivity contribution >= 4 is 11.9 Å². The van der Waals surface area contributed by atoms with Crippen molar-refractivity contribution in [1.29, 1.82) is 0 Å². The molecule has 0 bridgehead atoms. The molecule has 1 aromatic carbocycles. The van der Waals surface area contributed by atoms with Gasteiger partial charge >= 0.3 is 12.2 Å². The van der Waals surface area contributed by atoms with Crippen LogP contribution in [0.15, 0.2) is 28.8 Å². The van der Waals surface area contributed by atoms with Gasteiger partial charge in [-0.2, -0.15) is 18.2 Å². The minimum Gasteiger partial charge on any atom is -0.353 e. The Morgan fingerprint density at radius 3 is 2.53 bits per heavy atom. The predicted molar refractivity (Wildman–Crippen MR) is 107 cm³/mol. The second-order valence-corrected chi connectivity index (χ2v) is 8.11. The van der Waals surface area contributed by atoms with Crippen LogP contribution in [-0.4, -0.2) is 64.6 Å². The number of halogens is 3. The number of benzene rings is 1. The number of rotatable bonds is 3. The van der Waals surface area contributed by atoms with Crippen LogP contribution in [0, 0.1) is 0 Å². The summed E-state index contributed by atoms with van der Waals surface area (Å²) in [4.78, 5) is 32.4. The standard InChI is InChI=1S/C21H24F3N5O3/c1-2-17-26-19(32-27-17)15-9-14(13-3-5-16(6-4-13)21(22,23)24)10-29(11-15)20(31)28-8-7-25-18(30)12-28/h3-6,14-15H,2,7-12H2,1H3,(H,25,30). The lowest BCUT2D eigenvalue weighted by molar-refractivity contribution is -0.137. The summed E-state index contributed by atoms with van der Waals surface area (Å²) >= 11 is 0. The number of likely N-dealkylation sites (tertiary alicyclic amines) is 1. The van der Waals surface area contributed by atoms with E-state index in [0.717, 1.165) is 12.1 Å². The van der Waals surface area contributed by atoms with E-state index in [1.807, 2.05) is 6.92 Å². The van der Waals surface area contributed by atoms with E-state index >= 15 is 0 Å². The molecular formula is C21H24F3N5O3. The Morgan fingerprint density at radius 1 is 1.19 bits per heavy atom. The van der Waals surface area contributed by atoms with Gasteiger partial charge in [0.05, 0.1) is 11.5 Å². The second-order valence-electron chi connectivity index (χ2n) is 8.11. The van der Waals surface area contributed by atoms with E-state index in [0.29, 0.717) is 56.3 Å². The molecule has 3 heterocycles. The zero-order chi connectivity index (χ0) is 22.9. The molecule has 2 fully saturated rings. The van der Waals surface area contributed by atoms with Gasteiger partial charge in [-0.05, 0) is 24.1 Å². The molecule has 0 spiro atoms. The van der Waals surface area contributed by atoms with Crippen LogP contribution in [0.4, 0.5) is 18.0 Å². The number of piperidine rings is 1. The molecule has 2 aliphatic heterocycles. The van der Waals surface area contributed by atoms with Crippen molar-refractivity contribution in [3.05, 3.63) is 47.1 Å². The van der Waals surface area contributed by atoms with Gasteiger partial charge in [-0.1, -0.05) is 24.2 Å². The van der Waals surface area contributed by atoms with E-state index < -0.39 is 11.7 Å². The van der Waals surface area contributed by atoms with Crippen molar-refractivity contribution in [2.45, 2.75) is 37.8 Å². The number of aromatic nitrogens is 2. The molecule has 172 valence electrons. The Bertz CT molecular complexity index is 976. The summed E-state index contributed by atoms with van der Waals surface area (Å²) in [7, 11) is 0. The molecule has 8 nitrogen and oxygen atoms in total. The van der Waals surface area contributed by atoms with E-state index in [1.165, 1.54) is 17.0 Å². The molecule has 2 atom stereocenters. The molecular weight excluding hydrogens is 427 g/mol. The van der Waals surface area contributed by atoms with Gasteiger partial charge in [-0.15, -0.1) is 0 Å². The summed E-state index contributed by atoms with van der Waals surface area (Å²) in [5.74, 6) is 0.277. The monoisotopic (exact) mass is 451 g/mol. The minimum absolute atomic E-state index is 0.0223. The summed E-state index contributed by atoms with van der Waals surface area (Å²) in [6.07, 6.45) is -3.25. The van der Waals surface area contributed by atoms with Crippen LogP contribution in [0.5, 0.6) is 0 Å². The number of nitrogens with zero attached hydrogens (tertiary/aromatic N) is 4. The summed E-state index contributed by atoms with van der Waals surface area (Å²) in [6.45, 7) is 3.32. The van der Waals surface area contributed by atoms with Crippen molar-refractivity contribution in [2.75, 3.05) is 32.7 Å². The maximum absolute atomic E-state index is 13.2. The fraction of sp³-hybridized carbons (Fsp3) is 0.524. The fourth-order valence-electron chi connectivity index (χ4n) is 4.20. The van der Waals surface area contributed by atoms with Crippen LogP contribution in [0.1, 0.15) is 48.0 Å². The number of hydrogen-bond donors (Lipinski definition) is 1. The van der Waals surface area contributed by atoms with Gasteiger partial charge in [-0.25, -0.2) is 4.79 Å². The normalized spacial score (nSPS) is 22.1. The number of carbonyl (C=O) groups excluding carboxylic acids is 2. The van der Waals surface area contributed by atoms with Crippen LogP contribution in [-0.2, 0) is 17.4 Å². The molecule has 0 aliphatic carbocycles. The number of aryl methyl sites for hydroxylation is 1. The van der Waals surface area contributed by atoms with Crippen molar-refractivity contribution < 1.29 is 27.3 Å². The van der Waals surface area contributed by atoms with E-state index in [-0.39, 0.29) is 30.3 Å². The Kier molecular flexibility index (Phi) is 6.07. The third-order valence-corrected chi connectivity index (χ3v) is 5.89. The van der Waals surface area contributed by atoms with Crippen molar-refractivity contribution in [1.82, 2.24) is 25.3 Å². The summed E-state index contributed by atoms with van der Waals surface area (Å²) < 4.78 is 44.3. The number of hydrogen-bond acceptors (Lipinski definition) is 5. The van der Waals surface area contributed by atoms with Gasteiger partial charge in [0.15, 0.2) is 5.82 Å². The van der Waals surface area contributed by atoms with Gasteiger partial charge in [-0.3, -0.25) is 4.79 Å². The highest BCUT2D eigenvalue weighted by molar-refractivity contribution is 5.85. The molecule has 1 N–H and O–H groups in total. The Morgan fingerprint density at radius 2 is 1.91 bits per heavy atom. The topological polar surface area (TPSA) is 91.6 Å². The van der Waals surface area contributed by atoms with Gasteiger partial charge in [0.1, 0.15) is 6.54 Å². The molecule has 2 unspecified atom stereocenters. The molecule has 0 radical (unpaired) electrons. The fourth-order valence-corrected chi connectivity index (χ4v) is 4.20. The van der Waals surface area contributed by atoms with Crippen LogP contribution in [0.25, 0.3) is 0 Å². The van der Waals surface area contributed by atoms with Gasteiger partial charge in [0.2, 0.25) is 11.8 Å². The summed E-state index contributed by atoms with van der Waals surface area (Å²) in [5, 5.41) is 6.63. The van der Waals surface area contributed by atoms with E-state index in [1.54, 1.807) is 4.90 Å². The van der Waals surface area contributed by atoms with Crippen LogP contribution < -0.4 is 5.32 Å². The van der Waals surface area contributed by atoms with Crippen LogP contribution >= 0.6 is 0 Å². The number of nitrogens with one attached hydrogen (secondary N) is 1. The van der Waals surface area contributed by atoms with Crippen molar-refractivity contribution in [3.63, 3.8) is 0 Å². The second kappa shape index (κ2) is 8.79. The Labute approximate surface area is 182 Å². The number of urea groups is 1. The number of alkyl halides is 3. The first-order chi connectivity index (χ1) is 15.2. The maximum atomic E-state index is 13.2. The first-order valence-corrected chi connectivity index (χ1v) is 10.5. The van der Waals surface area contributed by atoms with Crippen LogP contribution in [0.3, 0.4) is 0 Å². The van der Waals surface area contributed by atoms with Gasteiger partial charge in [0, 0.05) is 38.5 Å². The number of amides is 3. The summed E-state index contributed by atoms with van der Waals surface area (Å²) in [5.41, 5.74) is -0.0162. The number of piperazine rings is 1. The molecule has 3 amide bonds. The first-order valence-electron chi connectivity index (χ1n) is 10.5. The van der Waals surface area contributed by atoms with E-state index in [2.05, 4.69) is 15.5 Å². The van der Waals surface area contributed by atoms with Crippen molar-refractivity contribution in [3.8, 4) is 0 Å². The highest BCUT2D eigenvalue weighted by Gasteiger charge is 2.37. The number of carbonyl (C=O) groups is 2. The Hall–Kier alpha value is -3.11.